The molecule has 1 aliphatic heterocycles. The van der Waals surface area contributed by atoms with Crippen LogP contribution in [0.5, 0.6) is 0 Å². The van der Waals surface area contributed by atoms with Crippen LogP contribution in [0.3, 0.4) is 0 Å². The van der Waals surface area contributed by atoms with Crippen LogP contribution < -0.4 is 10.6 Å². The molecule has 0 radical (unpaired) electrons. The van der Waals surface area contributed by atoms with Crippen LogP contribution in [-0.4, -0.2) is 26.4 Å². The number of ketones is 1. The van der Waals surface area contributed by atoms with Gasteiger partial charge >= 0.3 is 0 Å². The number of Topliss-reactive ketones (excluding diaryl/α,β-unsaturated/α-hetero) is 1. The molecule has 0 aliphatic carbocycles. The molecule has 3 heterocycles. The number of hydrogen-bond donors (Lipinski definition) is 2. The van der Waals surface area contributed by atoms with E-state index in [9.17, 15) is 4.79 Å². The second kappa shape index (κ2) is 7.96. The van der Waals surface area contributed by atoms with Crippen LogP contribution in [0, 0.1) is 6.92 Å². The fourth-order valence-electron chi connectivity index (χ4n) is 4.24. The van der Waals surface area contributed by atoms with Crippen molar-refractivity contribution in [2.75, 3.05) is 5.32 Å². The summed E-state index contributed by atoms with van der Waals surface area (Å²) in [7, 11) is 0. The van der Waals surface area contributed by atoms with Crippen molar-refractivity contribution >= 4 is 22.5 Å². The lowest BCUT2D eigenvalue weighted by Crippen LogP contribution is -2.41. The Morgan fingerprint density at radius 1 is 1.13 bits per heavy atom. The van der Waals surface area contributed by atoms with Crippen molar-refractivity contribution in [3.8, 4) is 5.95 Å². The highest BCUT2D eigenvalue weighted by molar-refractivity contribution is 5.83. The fourth-order valence-corrected chi connectivity index (χ4v) is 4.24. The lowest BCUT2D eigenvalue weighted by Gasteiger charge is -2.26. The fraction of sp³-hybridized carbons (Fsp3) is 0.240. The van der Waals surface area contributed by atoms with Crippen LogP contribution in [0.25, 0.3) is 16.9 Å². The highest BCUT2D eigenvalue weighted by atomic mass is 16.1. The maximum Gasteiger partial charge on any atom is 0.236 e. The minimum absolute atomic E-state index is 0.132. The zero-order chi connectivity index (χ0) is 21.4. The number of fused-ring (bicyclic) bond motifs is 2. The number of anilines is 1. The number of aryl methyl sites for hydroxylation is 1. The predicted molar refractivity (Wildman–Crippen MR) is 122 cm³/mol. The van der Waals surface area contributed by atoms with Crippen molar-refractivity contribution in [3.63, 3.8) is 0 Å². The number of carbonyl (C=O) groups excluding carboxylic acids is 1. The first-order valence-electron chi connectivity index (χ1n) is 10.6. The summed E-state index contributed by atoms with van der Waals surface area (Å²) in [6.45, 7) is 4.94. The lowest BCUT2D eigenvalue weighted by molar-refractivity contribution is -0.119. The summed E-state index contributed by atoms with van der Waals surface area (Å²) < 4.78 is 2.09. The first-order chi connectivity index (χ1) is 15.1. The largest absolute Gasteiger partial charge is 0.366 e. The van der Waals surface area contributed by atoms with Gasteiger partial charge in [0.05, 0.1) is 17.3 Å². The molecular weight excluding hydrogens is 386 g/mol. The monoisotopic (exact) mass is 411 g/mol. The summed E-state index contributed by atoms with van der Waals surface area (Å²) in [6.07, 6.45) is 0.568. The molecule has 1 unspecified atom stereocenters. The highest BCUT2D eigenvalue weighted by Gasteiger charge is 2.26. The Morgan fingerprint density at radius 2 is 1.90 bits per heavy atom. The standard InChI is InChI=1S/C25H25N5O/c1-16-12-19-10-6-7-11-23(19)30(16)25-28-22-13-21(17(2)31)26-15-20(22)24(29-25)27-14-18-8-4-3-5-9-18/h3-12,21,26H,13-15H2,1-2H3,(H,27,28,29). The number of benzene rings is 2. The molecule has 0 bridgehead atoms. The number of nitrogens with zero attached hydrogens (tertiary/aromatic N) is 3. The van der Waals surface area contributed by atoms with Gasteiger partial charge in [-0.2, -0.15) is 4.98 Å². The molecule has 0 amide bonds. The molecule has 0 fully saturated rings. The van der Waals surface area contributed by atoms with E-state index < -0.39 is 0 Å². The Hall–Kier alpha value is -3.51. The van der Waals surface area contributed by atoms with Crippen molar-refractivity contribution in [1.29, 1.82) is 0 Å². The molecule has 156 valence electrons. The average Bonchev–Trinajstić information content (AvgIpc) is 3.13. The van der Waals surface area contributed by atoms with Gasteiger partial charge in [0.2, 0.25) is 5.95 Å². The normalized spacial score (nSPS) is 15.6. The highest BCUT2D eigenvalue weighted by Crippen LogP contribution is 2.27. The van der Waals surface area contributed by atoms with Crippen molar-refractivity contribution in [1.82, 2.24) is 19.9 Å². The van der Waals surface area contributed by atoms with Gasteiger partial charge in [0.15, 0.2) is 0 Å². The van der Waals surface area contributed by atoms with E-state index in [1.54, 1.807) is 6.92 Å². The van der Waals surface area contributed by atoms with Gasteiger partial charge in [0, 0.05) is 36.2 Å². The molecule has 0 saturated carbocycles. The molecule has 2 aromatic heterocycles. The first kappa shape index (κ1) is 19.5. The molecule has 6 nitrogen and oxygen atoms in total. The molecule has 4 aromatic rings. The number of aromatic nitrogens is 3. The van der Waals surface area contributed by atoms with E-state index in [-0.39, 0.29) is 11.8 Å². The Labute approximate surface area is 181 Å². The Kier molecular flexibility index (Phi) is 5.00. The van der Waals surface area contributed by atoms with E-state index in [1.807, 2.05) is 30.3 Å². The van der Waals surface area contributed by atoms with E-state index in [2.05, 4.69) is 52.5 Å². The first-order valence-corrected chi connectivity index (χ1v) is 10.6. The predicted octanol–water partition coefficient (Wildman–Crippen LogP) is 3.94. The van der Waals surface area contributed by atoms with Gasteiger partial charge in [-0.15, -0.1) is 0 Å². The summed E-state index contributed by atoms with van der Waals surface area (Å²) in [5.41, 5.74) is 5.30. The smallest absolute Gasteiger partial charge is 0.236 e. The second-order valence-corrected chi connectivity index (χ2v) is 8.06. The van der Waals surface area contributed by atoms with E-state index in [0.29, 0.717) is 25.5 Å². The molecule has 31 heavy (non-hydrogen) atoms. The van der Waals surface area contributed by atoms with Gasteiger partial charge in [-0.1, -0.05) is 48.5 Å². The molecule has 6 heteroatoms. The number of rotatable bonds is 5. The van der Waals surface area contributed by atoms with Crippen molar-refractivity contribution < 1.29 is 4.79 Å². The van der Waals surface area contributed by atoms with E-state index in [1.165, 1.54) is 5.56 Å². The van der Waals surface area contributed by atoms with Gasteiger partial charge < -0.3 is 10.6 Å². The lowest BCUT2D eigenvalue weighted by atomic mass is 9.99. The third kappa shape index (κ3) is 3.70. The van der Waals surface area contributed by atoms with Crippen molar-refractivity contribution in [3.05, 3.63) is 83.2 Å². The van der Waals surface area contributed by atoms with Crippen LogP contribution in [0.4, 0.5) is 5.82 Å². The maximum atomic E-state index is 12.0. The van der Waals surface area contributed by atoms with Crippen molar-refractivity contribution in [2.24, 2.45) is 0 Å². The third-order valence-electron chi connectivity index (χ3n) is 5.89. The zero-order valence-corrected chi connectivity index (χ0v) is 17.7. The van der Waals surface area contributed by atoms with Crippen LogP contribution in [0.2, 0.25) is 0 Å². The molecule has 1 atom stereocenters. The van der Waals surface area contributed by atoms with Crippen LogP contribution in [-0.2, 0) is 24.3 Å². The van der Waals surface area contributed by atoms with Gasteiger partial charge in [0.25, 0.3) is 0 Å². The topological polar surface area (TPSA) is 71.8 Å². The molecular formula is C25H25N5O. The summed E-state index contributed by atoms with van der Waals surface area (Å²) >= 11 is 0. The summed E-state index contributed by atoms with van der Waals surface area (Å²) in [5, 5.41) is 8.00. The minimum Gasteiger partial charge on any atom is -0.366 e. The third-order valence-corrected chi connectivity index (χ3v) is 5.89. The Morgan fingerprint density at radius 3 is 2.71 bits per heavy atom. The summed E-state index contributed by atoms with van der Waals surface area (Å²) in [6, 6.07) is 20.5. The van der Waals surface area contributed by atoms with E-state index in [4.69, 9.17) is 9.97 Å². The molecule has 5 rings (SSSR count). The number of para-hydroxylation sites is 1. The summed E-state index contributed by atoms with van der Waals surface area (Å²) in [5.74, 6) is 1.58. The quantitative estimate of drug-likeness (QED) is 0.520. The number of nitrogens with one attached hydrogen (secondary N) is 2. The van der Waals surface area contributed by atoms with Gasteiger partial charge in [-0.05, 0) is 31.5 Å². The average molecular weight is 412 g/mol. The second-order valence-electron chi connectivity index (χ2n) is 8.06. The Bertz CT molecular complexity index is 1260. The molecule has 2 N–H and O–H groups in total. The Balaban J connectivity index is 1.61. The van der Waals surface area contributed by atoms with Crippen LogP contribution in [0.1, 0.15) is 29.4 Å². The van der Waals surface area contributed by atoms with Crippen LogP contribution >= 0.6 is 0 Å². The van der Waals surface area contributed by atoms with Crippen LogP contribution in [0.15, 0.2) is 60.7 Å². The minimum atomic E-state index is -0.209. The number of hydrogen-bond acceptors (Lipinski definition) is 5. The van der Waals surface area contributed by atoms with Gasteiger partial charge in [0.1, 0.15) is 11.6 Å². The van der Waals surface area contributed by atoms with Gasteiger partial charge in [-0.3, -0.25) is 9.36 Å². The van der Waals surface area contributed by atoms with Gasteiger partial charge in [-0.25, -0.2) is 4.98 Å². The summed E-state index contributed by atoms with van der Waals surface area (Å²) in [4.78, 5) is 21.9. The SMILES string of the molecule is CC(=O)C1Cc2nc(-n3c(C)cc4ccccc43)nc(NCc3ccccc3)c2CN1. The van der Waals surface area contributed by atoms with E-state index >= 15 is 0 Å². The van der Waals surface area contributed by atoms with E-state index in [0.717, 1.165) is 33.7 Å². The zero-order valence-electron chi connectivity index (χ0n) is 17.7. The van der Waals surface area contributed by atoms with Crippen molar-refractivity contribution in [2.45, 2.75) is 39.4 Å². The molecule has 0 saturated heterocycles. The molecule has 0 spiro atoms. The maximum absolute atomic E-state index is 12.0. The molecule has 2 aromatic carbocycles. The molecule has 1 aliphatic rings. The number of carbonyl (C=O) groups is 1.